The van der Waals surface area contributed by atoms with Crippen LogP contribution < -0.4 is 5.32 Å². The van der Waals surface area contributed by atoms with Gasteiger partial charge in [0.05, 0.1) is 19.4 Å². The van der Waals surface area contributed by atoms with E-state index in [4.69, 9.17) is 4.42 Å². The Balaban J connectivity index is 2.18. The van der Waals surface area contributed by atoms with Crippen molar-refractivity contribution in [2.45, 2.75) is 26.4 Å². The first kappa shape index (κ1) is 13.1. The van der Waals surface area contributed by atoms with E-state index in [0.717, 1.165) is 12.3 Å². The van der Waals surface area contributed by atoms with E-state index in [-0.39, 0.29) is 17.9 Å². The molecule has 1 aromatic heterocycles. The minimum absolute atomic E-state index is 0.0217. The first-order chi connectivity index (χ1) is 8.52. The average molecular weight is 252 g/mol. The van der Waals surface area contributed by atoms with Crippen molar-refractivity contribution >= 4 is 5.91 Å². The van der Waals surface area contributed by atoms with Gasteiger partial charge in [-0.15, -0.1) is 0 Å². The fraction of sp³-hybridized carbons (Fsp3) is 0.615. The van der Waals surface area contributed by atoms with E-state index in [2.05, 4.69) is 19.2 Å². The van der Waals surface area contributed by atoms with E-state index < -0.39 is 6.04 Å². The Morgan fingerprint density at radius 2 is 2.39 bits per heavy atom. The summed E-state index contributed by atoms with van der Waals surface area (Å²) in [5.41, 5.74) is -0.0217. The van der Waals surface area contributed by atoms with Crippen molar-refractivity contribution in [1.29, 1.82) is 0 Å². The molecule has 0 aliphatic carbocycles. The predicted octanol–water partition coefficient (Wildman–Crippen LogP) is 0.598. The van der Waals surface area contributed by atoms with E-state index in [1.807, 2.05) is 17.0 Å². The van der Waals surface area contributed by atoms with Crippen molar-refractivity contribution in [3.05, 3.63) is 24.2 Å². The van der Waals surface area contributed by atoms with Gasteiger partial charge in [0.1, 0.15) is 11.8 Å². The molecule has 100 valence electrons. The second-order valence-corrected chi connectivity index (χ2v) is 5.56. The molecule has 1 aromatic rings. The monoisotopic (exact) mass is 252 g/mol. The Morgan fingerprint density at radius 1 is 1.61 bits per heavy atom. The van der Waals surface area contributed by atoms with Crippen LogP contribution in [0, 0.1) is 5.41 Å². The number of nitrogens with zero attached hydrogens (tertiary/aromatic N) is 1. The maximum atomic E-state index is 11.9. The Bertz CT molecular complexity index is 400. The van der Waals surface area contributed by atoms with Crippen LogP contribution in [0.5, 0.6) is 0 Å². The minimum Gasteiger partial charge on any atom is -0.468 e. The molecule has 1 saturated heterocycles. The van der Waals surface area contributed by atoms with Gasteiger partial charge < -0.3 is 14.8 Å². The topological polar surface area (TPSA) is 65.7 Å². The molecular formula is C13H20N2O3. The fourth-order valence-corrected chi connectivity index (χ4v) is 2.29. The number of amides is 1. The van der Waals surface area contributed by atoms with Crippen LogP contribution in [0.1, 0.15) is 19.6 Å². The van der Waals surface area contributed by atoms with Gasteiger partial charge in [-0.2, -0.15) is 0 Å². The van der Waals surface area contributed by atoms with Crippen molar-refractivity contribution in [2.75, 3.05) is 19.7 Å². The van der Waals surface area contributed by atoms with Gasteiger partial charge in [0.15, 0.2) is 0 Å². The number of aliphatic hydroxyl groups is 1. The SMILES string of the molecule is CC1(C)CNC(=O)C(CO)N(Cc2ccco2)C1. The highest BCUT2D eigenvalue weighted by Crippen LogP contribution is 2.22. The second-order valence-electron chi connectivity index (χ2n) is 5.56. The lowest BCUT2D eigenvalue weighted by molar-refractivity contribution is -0.127. The number of furan rings is 1. The molecule has 18 heavy (non-hydrogen) atoms. The molecule has 2 heterocycles. The summed E-state index contributed by atoms with van der Waals surface area (Å²) in [6.45, 7) is 5.91. The molecule has 2 rings (SSSR count). The third-order valence-corrected chi connectivity index (χ3v) is 3.23. The van der Waals surface area contributed by atoms with Crippen molar-refractivity contribution in [1.82, 2.24) is 10.2 Å². The smallest absolute Gasteiger partial charge is 0.239 e. The molecule has 1 unspecified atom stereocenters. The maximum absolute atomic E-state index is 11.9. The standard InChI is InChI=1S/C13H20N2O3/c1-13(2)8-14-12(17)11(7-16)15(9-13)6-10-4-3-5-18-10/h3-5,11,16H,6-9H2,1-2H3,(H,14,17). The van der Waals surface area contributed by atoms with Crippen molar-refractivity contribution in [3.63, 3.8) is 0 Å². The van der Waals surface area contributed by atoms with Crippen LogP contribution in [0.25, 0.3) is 0 Å². The summed E-state index contributed by atoms with van der Waals surface area (Å²) in [6, 6.07) is 3.20. The first-order valence-electron chi connectivity index (χ1n) is 6.17. The lowest BCUT2D eigenvalue weighted by atomic mass is 9.93. The van der Waals surface area contributed by atoms with Crippen molar-refractivity contribution in [2.24, 2.45) is 5.41 Å². The van der Waals surface area contributed by atoms with Gasteiger partial charge in [0, 0.05) is 13.1 Å². The molecule has 0 radical (unpaired) electrons. The second kappa shape index (κ2) is 5.12. The van der Waals surface area contributed by atoms with Gasteiger partial charge in [-0.05, 0) is 17.5 Å². The molecule has 0 aromatic carbocycles. The zero-order valence-corrected chi connectivity index (χ0v) is 10.8. The highest BCUT2D eigenvalue weighted by Gasteiger charge is 2.35. The van der Waals surface area contributed by atoms with Gasteiger partial charge in [0.25, 0.3) is 0 Å². The Kier molecular flexibility index (Phi) is 3.73. The predicted molar refractivity (Wildman–Crippen MR) is 66.8 cm³/mol. The number of nitrogens with one attached hydrogen (secondary N) is 1. The molecule has 0 bridgehead atoms. The Morgan fingerprint density at radius 3 is 3.00 bits per heavy atom. The fourth-order valence-electron chi connectivity index (χ4n) is 2.29. The number of carbonyl (C=O) groups excluding carboxylic acids is 1. The van der Waals surface area contributed by atoms with Crippen LogP contribution in [0.4, 0.5) is 0 Å². The third kappa shape index (κ3) is 2.91. The molecule has 2 N–H and O–H groups in total. The Hall–Kier alpha value is -1.33. The summed E-state index contributed by atoms with van der Waals surface area (Å²) in [7, 11) is 0. The summed E-state index contributed by atoms with van der Waals surface area (Å²) < 4.78 is 5.32. The molecule has 0 saturated carbocycles. The Labute approximate surface area is 107 Å². The van der Waals surface area contributed by atoms with Crippen LogP contribution in [0.15, 0.2) is 22.8 Å². The lowest BCUT2D eigenvalue weighted by Crippen LogP contribution is -2.46. The van der Waals surface area contributed by atoms with Crippen LogP contribution in [-0.4, -0.2) is 41.7 Å². The maximum Gasteiger partial charge on any atom is 0.239 e. The zero-order valence-electron chi connectivity index (χ0n) is 10.8. The largest absolute Gasteiger partial charge is 0.468 e. The number of hydrogen-bond acceptors (Lipinski definition) is 4. The van der Waals surface area contributed by atoms with Crippen LogP contribution in [0.2, 0.25) is 0 Å². The molecule has 1 fully saturated rings. The number of aliphatic hydroxyl groups excluding tert-OH is 1. The average Bonchev–Trinajstić information content (AvgIpc) is 2.76. The molecule has 1 amide bonds. The molecule has 0 spiro atoms. The van der Waals surface area contributed by atoms with Gasteiger partial charge in [0.2, 0.25) is 5.91 Å². The highest BCUT2D eigenvalue weighted by molar-refractivity contribution is 5.82. The van der Waals surface area contributed by atoms with E-state index in [1.54, 1.807) is 6.26 Å². The van der Waals surface area contributed by atoms with Gasteiger partial charge >= 0.3 is 0 Å². The molecule has 5 heteroatoms. The van der Waals surface area contributed by atoms with E-state index in [1.165, 1.54) is 0 Å². The van der Waals surface area contributed by atoms with Crippen molar-refractivity contribution < 1.29 is 14.3 Å². The molecule has 1 aliphatic heterocycles. The molecule has 1 aliphatic rings. The molecule has 5 nitrogen and oxygen atoms in total. The zero-order chi connectivity index (χ0) is 13.2. The highest BCUT2D eigenvalue weighted by atomic mass is 16.3. The summed E-state index contributed by atoms with van der Waals surface area (Å²) >= 11 is 0. The number of carbonyl (C=O) groups is 1. The number of hydrogen-bond donors (Lipinski definition) is 2. The van der Waals surface area contributed by atoms with E-state index >= 15 is 0 Å². The molecule has 1 atom stereocenters. The van der Waals surface area contributed by atoms with Crippen LogP contribution in [0.3, 0.4) is 0 Å². The normalized spacial score (nSPS) is 24.6. The van der Waals surface area contributed by atoms with E-state index in [9.17, 15) is 9.90 Å². The van der Waals surface area contributed by atoms with Gasteiger partial charge in [-0.3, -0.25) is 9.69 Å². The molecular weight excluding hydrogens is 232 g/mol. The van der Waals surface area contributed by atoms with Gasteiger partial charge in [-0.1, -0.05) is 13.8 Å². The van der Waals surface area contributed by atoms with Crippen LogP contribution >= 0.6 is 0 Å². The summed E-state index contributed by atoms with van der Waals surface area (Å²) in [5.74, 6) is 0.689. The summed E-state index contributed by atoms with van der Waals surface area (Å²) in [6.07, 6.45) is 1.62. The van der Waals surface area contributed by atoms with Crippen molar-refractivity contribution in [3.8, 4) is 0 Å². The lowest BCUT2D eigenvalue weighted by Gasteiger charge is -2.31. The summed E-state index contributed by atoms with van der Waals surface area (Å²) in [4.78, 5) is 13.9. The van der Waals surface area contributed by atoms with Gasteiger partial charge in [-0.25, -0.2) is 0 Å². The minimum atomic E-state index is -0.503. The first-order valence-corrected chi connectivity index (χ1v) is 6.17. The summed E-state index contributed by atoms with van der Waals surface area (Å²) in [5, 5.41) is 12.3. The van der Waals surface area contributed by atoms with E-state index in [0.29, 0.717) is 13.1 Å². The number of rotatable bonds is 3. The van der Waals surface area contributed by atoms with Crippen LogP contribution in [-0.2, 0) is 11.3 Å². The third-order valence-electron chi connectivity index (χ3n) is 3.23. The quantitative estimate of drug-likeness (QED) is 0.826.